The number of carbonyl (C=O) groups excluding carboxylic acids is 2. The molecule has 1 atom stereocenters. The number of rotatable bonds is 4. The van der Waals surface area contributed by atoms with Gasteiger partial charge >= 0.3 is 0 Å². The number of thiophene rings is 1. The number of likely N-dealkylation sites (N-methyl/N-ethyl adjacent to an activating group) is 1. The Kier molecular flexibility index (Phi) is 5.89. The van der Waals surface area contributed by atoms with Crippen molar-refractivity contribution in [2.45, 2.75) is 46.1 Å². The highest BCUT2D eigenvalue weighted by atomic mass is 79.9. The Balaban J connectivity index is 1.96. The van der Waals surface area contributed by atoms with Crippen molar-refractivity contribution in [3.8, 4) is 0 Å². The zero-order valence-electron chi connectivity index (χ0n) is 14.3. The van der Waals surface area contributed by atoms with Crippen LogP contribution in [0.3, 0.4) is 0 Å². The topological polar surface area (TPSA) is 40.6 Å². The fraction of sp³-hybridized carbons (Fsp3) is 0.647. The molecule has 6 heteroatoms. The Labute approximate surface area is 151 Å². The lowest BCUT2D eigenvalue weighted by Crippen LogP contribution is -2.44. The predicted molar refractivity (Wildman–Crippen MR) is 97.8 cm³/mol. The number of hydrogen-bond donors (Lipinski definition) is 0. The molecule has 0 aromatic carbocycles. The molecule has 1 fully saturated rings. The van der Waals surface area contributed by atoms with Gasteiger partial charge in [-0.05, 0) is 52.7 Å². The van der Waals surface area contributed by atoms with Crippen molar-refractivity contribution in [1.82, 2.24) is 9.80 Å². The maximum absolute atomic E-state index is 12.6. The first-order chi connectivity index (χ1) is 10.7. The number of amides is 2. The molecule has 0 aliphatic carbocycles. The van der Waals surface area contributed by atoms with Crippen molar-refractivity contribution in [2.75, 3.05) is 20.1 Å². The van der Waals surface area contributed by atoms with Gasteiger partial charge in [0.05, 0.1) is 15.2 Å². The molecule has 1 aliphatic rings. The van der Waals surface area contributed by atoms with Crippen LogP contribution in [0, 0.1) is 5.41 Å². The van der Waals surface area contributed by atoms with E-state index in [2.05, 4.69) is 36.7 Å². The highest BCUT2D eigenvalue weighted by Gasteiger charge is 2.32. The zero-order valence-corrected chi connectivity index (χ0v) is 16.7. The Morgan fingerprint density at radius 1 is 1.39 bits per heavy atom. The first-order valence-corrected chi connectivity index (χ1v) is 9.58. The van der Waals surface area contributed by atoms with Gasteiger partial charge in [-0.15, -0.1) is 11.3 Å². The molecule has 1 saturated heterocycles. The molecule has 2 rings (SSSR count). The second kappa shape index (κ2) is 7.34. The van der Waals surface area contributed by atoms with Gasteiger partial charge in [0, 0.05) is 19.6 Å². The molecule has 0 saturated carbocycles. The normalized spacial score (nSPS) is 18.3. The number of likely N-dealkylation sites (tertiary alicyclic amines) is 1. The molecule has 1 aliphatic heterocycles. The molecule has 0 bridgehead atoms. The van der Waals surface area contributed by atoms with Crippen molar-refractivity contribution in [3.05, 3.63) is 20.8 Å². The average molecular weight is 401 g/mol. The van der Waals surface area contributed by atoms with E-state index in [1.54, 1.807) is 13.1 Å². The van der Waals surface area contributed by atoms with Gasteiger partial charge in [-0.3, -0.25) is 9.59 Å². The van der Waals surface area contributed by atoms with Crippen LogP contribution in [-0.4, -0.2) is 47.8 Å². The van der Waals surface area contributed by atoms with Crippen molar-refractivity contribution < 1.29 is 9.59 Å². The SMILES string of the molecule is CN(CC(=O)N1CCCC1CC(C)(C)C)C(=O)c1ccc(Br)s1. The summed E-state index contributed by atoms with van der Waals surface area (Å²) in [7, 11) is 1.70. The summed E-state index contributed by atoms with van der Waals surface area (Å²) in [5, 5.41) is 0. The Morgan fingerprint density at radius 3 is 2.65 bits per heavy atom. The third kappa shape index (κ3) is 5.05. The van der Waals surface area contributed by atoms with Gasteiger partial charge in [0.2, 0.25) is 5.91 Å². The molecule has 0 spiro atoms. The number of halogens is 1. The summed E-state index contributed by atoms with van der Waals surface area (Å²) < 4.78 is 0.922. The lowest BCUT2D eigenvalue weighted by atomic mass is 9.87. The minimum Gasteiger partial charge on any atom is -0.338 e. The Morgan fingerprint density at radius 2 is 2.09 bits per heavy atom. The average Bonchev–Trinajstić information content (AvgIpc) is 3.05. The van der Waals surface area contributed by atoms with E-state index in [1.165, 1.54) is 16.2 Å². The van der Waals surface area contributed by atoms with Crippen molar-refractivity contribution in [3.63, 3.8) is 0 Å². The second-order valence-electron chi connectivity index (χ2n) is 7.41. The summed E-state index contributed by atoms with van der Waals surface area (Å²) in [5.41, 5.74) is 0.207. The van der Waals surface area contributed by atoms with Crippen LogP contribution in [0.25, 0.3) is 0 Å². The number of nitrogens with zero attached hydrogens (tertiary/aromatic N) is 2. The maximum Gasteiger partial charge on any atom is 0.264 e. The summed E-state index contributed by atoms with van der Waals surface area (Å²) in [6.45, 7) is 7.58. The quantitative estimate of drug-likeness (QED) is 0.765. The smallest absolute Gasteiger partial charge is 0.264 e. The summed E-state index contributed by atoms with van der Waals surface area (Å²) in [6, 6.07) is 3.95. The minimum absolute atomic E-state index is 0.0585. The fourth-order valence-electron chi connectivity index (χ4n) is 3.07. The molecule has 4 nitrogen and oxygen atoms in total. The molecule has 0 radical (unpaired) electrons. The van der Waals surface area contributed by atoms with Crippen molar-refractivity contribution in [1.29, 1.82) is 0 Å². The van der Waals surface area contributed by atoms with Gasteiger partial charge in [0.15, 0.2) is 0 Å². The lowest BCUT2D eigenvalue weighted by Gasteiger charge is -2.31. The molecule has 23 heavy (non-hydrogen) atoms. The summed E-state index contributed by atoms with van der Waals surface area (Å²) in [6.07, 6.45) is 3.13. The first kappa shape index (κ1) is 18.5. The van der Waals surface area contributed by atoms with Crippen LogP contribution in [-0.2, 0) is 4.79 Å². The molecule has 0 N–H and O–H groups in total. The van der Waals surface area contributed by atoms with Crippen LogP contribution in [0.15, 0.2) is 15.9 Å². The van der Waals surface area contributed by atoms with Gasteiger partial charge in [0.1, 0.15) is 0 Å². The largest absolute Gasteiger partial charge is 0.338 e. The van der Waals surface area contributed by atoms with E-state index in [4.69, 9.17) is 0 Å². The Hall–Kier alpha value is -0.880. The van der Waals surface area contributed by atoms with Gasteiger partial charge in [-0.25, -0.2) is 0 Å². The molecule has 1 aromatic heterocycles. The molecular formula is C17H25BrN2O2S. The molecular weight excluding hydrogens is 376 g/mol. The van der Waals surface area contributed by atoms with Crippen molar-refractivity contribution >= 4 is 39.1 Å². The Bertz CT molecular complexity index is 579. The van der Waals surface area contributed by atoms with Crippen LogP contribution < -0.4 is 0 Å². The third-order valence-electron chi connectivity index (χ3n) is 4.05. The minimum atomic E-state index is -0.0966. The van der Waals surface area contributed by atoms with Crippen LogP contribution in [0.5, 0.6) is 0 Å². The van der Waals surface area contributed by atoms with Crippen LogP contribution >= 0.6 is 27.3 Å². The summed E-state index contributed by atoms with van der Waals surface area (Å²) in [5.74, 6) is -0.0381. The van der Waals surface area contributed by atoms with Crippen LogP contribution in [0.1, 0.15) is 49.7 Å². The van der Waals surface area contributed by atoms with E-state index in [0.29, 0.717) is 10.9 Å². The summed E-state index contributed by atoms with van der Waals surface area (Å²) in [4.78, 5) is 29.1. The molecule has 2 amide bonds. The van der Waals surface area contributed by atoms with Crippen LogP contribution in [0.4, 0.5) is 0 Å². The number of carbonyl (C=O) groups is 2. The first-order valence-electron chi connectivity index (χ1n) is 7.97. The second-order valence-corrected chi connectivity index (χ2v) is 9.88. The van der Waals surface area contributed by atoms with Gasteiger partial charge < -0.3 is 9.80 Å². The summed E-state index contributed by atoms with van der Waals surface area (Å²) >= 11 is 4.76. The highest BCUT2D eigenvalue weighted by molar-refractivity contribution is 9.11. The van der Waals surface area contributed by atoms with E-state index in [-0.39, 0.29) is 23.8 Å². The highest BCUT2D eigenvalue weighted by Crippen LogP contribution is 2.30. The van der Waals surface area contributed by atoms with Crippen molar-refractivity contribution in [2.24, 2.45) is 5.41 Å². The third-order valence-corrected chi connectivity index (χ3v) is 5.66. The van der Waals surface area contributed by atoms with Gasteiger partial charge in [-0.2, -0.15) is 0 Å². The number of hydrogen-bond acceptors (Lipinski definition) is 3. The lowest BCUT2D eigenvalue weighted by molar-refractivity contribution is -0.132. The van der Waals surface area contributed by atoms with Crippen LogP contribution in [0.2, 0.25) is 0 Å². The standard InChI is InChI=1S/C17H25BrN2O2S/c1-17(2,3)10-12-6-5-9-20(12)15(21)11-19(4)16(22)13-7-8-14(18)23-13/h7-8,12H,5-6,9-11H2,1-4H3. The van der Waals surface area contributed by atoms with E-state index in [0.717, 1.165) is 29.6 Å². The van der Waals surface area contributed by atoms with E-state index in [9.17, 15) is 9.59 Å². The molecule has 1 unspecified atom stereocenters. The van der Waals surface area contributed by atoms with Gasteiger partial charge in [-0.1, -0.05) is 20.8 Å². The molecule has 2 heterocycles. The molecule has 1 aromatic rings. The van der Waals surface area contributed by atoms with Gasteiger partial charge in [0.25, 0.3) is 5.91 Å². The molecule has 128 valence electrons. The fourth-order valence-corrected chi connectivity index (χ4v) is 4.45. The zero-order chi connectivity index (χ0) is 17.2. The van der Waals surface area contributed by atoms with E-state index >= 15 is 0 Å². The maximum atomic E-state index is 12.6. The van der Waals surface area contributed by atoms with E-state index < -0.39 is 0 Å². The monoisotopic (exact) mass is 400 g/mol. The van der Waals surface area contributed by atoms with E-state index in [1.807, 2.05) is 11.0 Å². The predicted octanol–water partition coefficient (Wildman–Crippen LogP) is 4.01.